The van der Waals surface area contributed by atoms with Gasteiger partial charge in [-0.2, -0.15) is 0 Å². The third-order valence-corrected chi connectivity index (χ3v) is 6.06. The van der Waals surface area contributed by atoms with Gasteiger partial charge in [-0.25, -0.2) is 0 Å². The van der Waals surface area contributed by atoms with Gasteiger partial charge in [0.1, 0.15) is 5.82 Å². The van der Waals surface area contributed by atoms with Crippen molar-refractivity contribution < 1.29 is 5.11 Å². The van der Waals surface area contributed by atoms with Gasteiger partial charge in [-0.3, -0.25) is 4.57 Å². The van der Waals surface area contributed by atoms with Crippen molar-refractivity contribution in [2.24, 2.45) is 0 Å². The van der Waals surface area contributed by atoms with Crippen LogP contribution < -0.4 is 0 Å². The number of thioether (sulfide) groups is 1. The van der Waals surface area contributed by atoms with E-state index >= 15 is 0 Å². The first kappa shape index (κ1) is 18.0. The lowest BCUT2D eigenvalue weighted by atomic mass is 10.1. The van der Waals surface area contributed by atoms with E-state index in [1.807, 2.05) is 48.5 Å². The summed E-state index contributed by atoms with van der Waals surface area (Å²) in [6.45, 7) is 0. The predicted octanol–water partition coefficient (Wildman–Crippen LogP) is 4.75. The summed E-state index contributed by atoms with van der Waals surface area (Å²) in [5.41, 5.74) is 1.94. The topological polar surface area (TPSA) is 50.9 Å². The van der Waals surface area contributed by atoms with Gasteiger partial charge in [-0.05, 0) is 29.1 Å². The second-order valence-electron chi connectivity index (χ2n) is 6.06. The fourth-order valence-electron chi connectivity index (χ4n) is 2.84. The molecule has 0 fully saturated rings. The molecule has 6 heteroatoms. The molecule has 0 saturated carbocycles. The van der Waals surface area contributed by atoms with Crippen molar-refractivity contribution in [2.75, 3.05) is 5.75 Å². The Balaban J connectivity index is 1.59. The van der Waals surface area contributed by atoms with E-state index in [-0.39, 0.29) is 0 Å². The molecular weight excluding hydrogens is 374 g/mol. The SMILES string of the molecule is OC(CSc1nnc(Cc2cccs2)n1-c1ccccc1)c1ccccc1. The highest BCUT2D eigenvalue weighted by Crippen LogP contribution is 2.27. The van der Waals surface area contributed by atoms with Crippen molar-refractivity contribution in [1.29, 1.82) is 0 Å². The Hall–Kier alpha value is -2.41. The zero-order chi connectivity index (χ0) is 18.5. The van der Waals surface area contributed by atoms with Crippen molar-refractivity contribution in [3.8, 4) is 5.69 Å². The molecule has 4 nitrogen and oxygen atoms in total. The van der Waals surface area contributed by atoms with Crippen LogP contribution in [0.1, 0.15) is 22.4 Å². The molecule has 0 spiro atoms. The normalized spacial score (nSPS) is 12.2. The Morgan fingerprint density at radius 1 is 0.926 bits per heavy atom. The summed E-state index contributed by atoms with van der Waals surface area (Å²) in [5, 5.41) is 22.2. The summed E-state index contributed by atoms with van der Waals surface area (Å²) in [7, 11) is 0. The number of aliphatic hydroxyl groups is 1. The number of benzene rings is 2. The highest BCUT2D eigenvalue weighted by molar-refractivity contribution is 7.99. The quantitative estimate of drug-likeness (QED) is 0.461. The van der Waals surface area contributed by atoms with E-state index in [0.29, 0.717) is 5.75 Å². The van der Waals surface area contributed by atoms with Crippen LogP contribution in [0.15, 0.2) is 83.3 Å². The molecule has 2 aromatic carbocycles. The molecule has 0 radical (unpaired) electrons. The molecule has 1 N–H and O–H groups in total. The number of thiophene rings is 1. The minimum absolute atomic E-state index is 0.522. The molecule has 136 valence electrons. The standard InChI is InChI=1S/C21H19N3OS2/c25-19(16-8-3-1-4-9-16)15-27-21-23-22-20(14-18-12-7-13-26-18)24(21)17-10-5-2-6-11-17/h1-13,19,25H,14-15H2. The number of hydrogen-bond donors (Lipinski definition) is 1. The van der Waals surface area contributed by atoms with Gasteiger partial charge in [0.05, 0.1) is 6.10 Å². The van der Waals surface area contributed by atoms with Crippen LogP contribution >= 0.6 is 23.1 Å². The lowest BCUT2D eigenvalue weighted by molar-refractivity contribution is 0.204. The third kappa shape index (κ3) is 4.30. The van der Waals surface area contributed by atoms with Crippen molar-refractivity contribution in [3.05, 3.63) is 94.4 Å². The molecule has 4 rings (SSSR count). The maximum Gasteiger partial charge on any atom is 0.195 e. The second kappa shape index (κ2) is 8.52. The first-order valence-corrected chi connectivity index (χ1v) is 10.6. The fourth-order valence-corrected chi connectivity index (χ4v) is 4.48. The van der Waals surface area contributed by atoms with Crippen LogP contribution in [0.3, 0.4) is 0 Å². The number of aromatic nitrogens is 3. The average molecular weight is 394 g/mol. The van der Waals surface area contributed by atoms with E-state index in [0.717, 1.165) is 28.7 Å². The lowest BCUT2D eigenvalue weighted by Crippen LogP contribution is -2.05. The van der Waals surface area contributed by atoms with Crippen molar-refractivity contribution in [2.45, 2.75) is 17.7 Å². The highest BCUT2D eigenvalue weighted by atomic mass is 32.2. The fraction of sp³-hybridized carbons (Fsp3) is 0.143. The van der Waals surface area contributed by atoms with Gasteiger partial charge in [0, 0.05) is 22.7 Å². The van der Waals surface area contributed by atoms with Crippen LogP contribution in [-0.2, 0) is 6.42 Å². The van der Waals surface area contributed by atoms with Crippen LogP contribution in [-0.4, -0.2) is 25.6 Å². The van der Waals surface area contributed by atoms with Gasteiger partial charge in [-0.1, -0.05) is 66.4 Å². The highest BCUT2D eigenvalue weighted by Gasteiger charge is 2.17. The minimum Gasteiger partial charge on any atom is -0.388 e. The first-order valence-electron chi connectivity index (χ1n) is 8.69. The molecule has 1 unspecified atom stereocenters. The van der Waals surface area contributed by atoms with Crippen LogP contribution in [0, 0.1) is 0 Å². The molecule has 1 atom stereocenters. The molecule has 2 heterocycles. The summed E-state index contributed by atoms with van der Waals surface area (Å²) in [6, 6.07) is 24.0. The van der Waals surface area contributed by atoms with E-state index in [1.165, 1.54) is 16.6 Å². The average Bonchev–Trinajstić information content (AvgIpc) is 3.38. The van der Waals surface area contributed by atoms with Gasteiger partial charge in [0.25, 0.3) is 0 Å². The zero-order valence-electron chi connectivity index (χ0n) is 14.6. The number of rotatable bonds is 7. The number of nitrogens with zero attached hydrogens (tertiary/aromatic N) is 3. The summed E-state index contributed by atoms with van der Waals surface area (Å²) in [4.78, 5) is 1.25. The van der Waals surface area contributed by atoms with Gasteiger partial charge in [0.15, 0.2) is 5.16 Å². The van der Waals surface area contributed by atoms with Crippen molar-refractivity contribution >= 4 is 23.1 Å². The lowest BCUT2D eigenvalue weighted by Gasteiger charge is -2.12. The van der Waals surface area contributed by atoms with Gasteiger partial charge in [-0.15, -0.1) is 21.5 Å². The molecule has 0 aliphatic rings. The van der Waals surface area contributed by atoms with E-state index in [4.69, 9.17) is 0 Å². The Morgan fingerprint density at radius 2 is 1.67 bits per heavy atom. The maximum atomic E-state index is 10.5. The zero-order valence-corrected chi connectivity index (χ0v) is 16.2. The summed E-state index contributed by atoms with van der Waals surface area (Å²) in [5.74, 6) is 1.42. The van der Waals surface area contributed by atoms with E-state index in [2.05, 4.69) is 44.4 Å². The largest absolute Gasteiger partial charge is 0.388 e. The summed E-state index contributed by atoms with van der Waals surface area (Å²) >= 11 is 3.24. The van der Waals surface area contributed by atoms with Crippen LogP contribution in [0.25, 0.3) is 5.69 Å². The minimum atomic E-state index is -0.544. The Labute approximate surface area is 166 Å². The number of hydrogen-bond acceptors (Lipinski definition) is 5. The molecule has 0 bridgehead atoms. The van der Waals surface area contributed by atoms with E-state index in [9.17, 15) is 5.11 Å². The summed E-state index contributed by atoms with van der Waals surface area (Å²) < 4.78 is 2.09. The Bertz CT molecular complexity index is 969. The van der Waals surface area contributed by atoms with Gasteiger partial charge < -0.3 is 5.11 Å². The first-order chi connectivity index (χ1) is 13.3. The van der Waals surface area contributed by atoms with Crippen molar-refractivity contribution in [1.82, 2.24) is 14.8 Å². The van der Waals surface area contributed by atoms with Crippen LogP contribution in [0.2, 0.25) is 0 Å². The Morgan fingerprint density at radius 3 is 2.37 bits per heavy atom. The van der Waals surface area contributed by atoms with Gasteiger partial charge in [0.2, 0.25) is 0 Å². The molecule has 0 aliphatic heterocycles. The van der Waals surface area contributed by atoms with Gasteiger partial charge >= 0.3 is 0 Å². The molecule has 0 saturated heterocycles. The third-order valence-electron chi connectivity index (χ3n) is 4.18. The van der Waals surface area contributed by atoms with E-state index in [1.54, 1.807) is 11.3 Å². The maximum absolute atomic E-state index is 10.5. The molecule has 4 aromatic rings. The molecule has 27 heavy (non-hydrogen) atoms. The Kier molecular flexibility index (Phi) is 5.67. The smallest absolute Gasteiger partial charge is 0.195 e. The molecule has 0 amide bonds. The summed E-state index contributed by atoms with van der Waals surface area (Å²) in [6.07, 6.45) is 0.194. The van der Waals surface area contributed by atoms with E-state index < -0.39 is 6.10 Å². The molecule has 2 aromatic heterocycles. The predicted molar refractivity (Wildman–Crippen MR) is 111 cm³/mol. The second-order valence-corrected chi connectivity index (χ2v) is 8.08. The number of aliphatic hydroxyl groups excluding tert-OH is 1. The monoisotopic (exact) mass is 393 g/mol. The van der Waals surface area contributed by atoms with Crippen LogP contribution in [0.4, 0.5) is 0 Å². The van der Waals surface area contributed by atoms with Crippen molar-refractivity contribution in [3.63, 3.8) is 0 Å². The molecule has 0 aliphatic carbocycles. The van der Waals surface area contributed by atoms with Crippen LogP contribution in [0.5, 0.6) is 0 Å². The number of para-hydroxylation sites is 1. The molecular formula is C21H19N3OS2.